The van der Waals surface area contributed by atoms with Gasteiger partial charge in [-0.25, -0.2) is 0 Å². The topological polar surface area (TPSA) is 108 Å². The second kappa shape index (κ2) is 8.52. The number of hydrogen-bond donors (Lipinski definition) is 3. The van der Waals surface area contributed by atoms with E-state index in [4.69, 9.17) is 22.6 Å². The molecule has 25 heavy (non-hydrogen) atoms. The molecule has 0 unspecified atom stereocenters. The van der Waals surface area contributed by atoms with Crippen molar-refractivity contribution in [2.45, 2.75) is 6.54 Å². The minimum Gasteiger partial charge on any atom is -0.366 e. The molecule has 2 amide bonds. The van der Waals surface area contributed by atoms with Gasteiger partial charge in [0, 0.05) is 29.0 Å². The minimum absolute atomic E-state index is 0.0916. The molecule has 7 heteroatoms. The third-order valence-electron chi connectivity index (χ3n) is 3.31. The third-order valence-corrected chi connectivity index (χ3v) is 3.68. The Bertz CT molecular complexity index is 854. The van der Waals surface area contributed by atoms with Crippen LogP contribution < -0.4 is 16.4 Å². The summed E-state index contributed by atoms with van der Waals surface area (Å²) in [7, 11) is 0. The molecule has 2 aromatic carbocycles. The summed E-state index contributed by atoms with van der Waals surface area (Å²) >= 11 is 6.02. The number of amides is 2. The van der Waals surface area contributed by atoms with Crippen LogP contribution in [0.15, 0.2) is 60.3 Å². The molecule has 0 aliphatic carbocycles. The maximum Gasteiger partial charge on any atom is 0.263 e. The van der Waals surface area contributed by atoms with E-state index in [1.165, 1.54) is 6.20 Å². The molecule has 0 aliphatic heterocycles. The summed E-state index contributed by atoms with van der Waals surface area (Å²) in [5.41, 5.74) is 6.80. The molecular formula is C18H15ClN4O2. The first kappa shape index (κ1) is 18.0. The number of nitriles is 1. The molecule has 0 bridgehead atoms. The van der Waals surface area contributed by atoms with Crippen LogP contribution in [0, 0.1) is 11.3 Å². The lowest BCUT2D eigenvalue weighted by Gasteiger charge is -2.07. The number of primary amides is 1. The van der Waals surface area contributed by atoms with Crippen molar-refractivity contribution in [2.24, 2.45) is 5.73 Å². The van der Waals surface area contributed by atoms with Crippen LogP contribution in [0.2, 0.25) is 5.02 Å². The number of nitrogens with one attached hydrogen (secondary N) is 2. The quantitative estimate of drug-likeness (QED) is 0.547. The molecular weight excluding hydrogens is 340 g/mol. The van der Waals surface area contributed by atoms with Crippen molar-refractivity contribution in [1.82, 2.24) is 5.32 Å². The number of carbonyl (C=O) groups is 2. The Morgan fingerprint density at radius 3 is 2.44 bits per heavy atom. The molecule has 0 fully saturated rings. The van der Waals surface area contributed by atoms with Gasteiger partial charge < -0.3 is 16.4 Å². The van der Waals surface area contributed by atoms with E-state index < -0.39 is 11.8 Å². The maximum absolute atomic E-state index is 12.1. The maximum atomic E-state index is 12.1. The minimum atomic E-state index is -0.529. The van der Waals surface area contributed by atoms with Gasteiger partial charge >= 0.3 is 0 Å². The van der Waals surface area contributed by atoms with E-state index >= 15 is 0 Å². The molecule has 0 spiro atoms. The highest BCUT2D eigenvalue weighted by atomic mass is 35.5. The monoisotopic (exact) mass is 354 g/mol. The van der Waals surface area contributed by atoms with Gasteiger partial charge in [0.05, 0.1) is 0 Å². The Morgan fingerprint density at radius 2 is 1.84 bits per heavy atom. The summed E-state index contributed by atoms with van der Waals surface area (Å²) in [6.45, 7) is 0.213. The van der Waals surface area contributed by atoms with Crippen LogP contribution in [0.5, 0.6) is 0 Å². The van der Waals surface area contributed by atoms with Gasteiger partial charge in [0.1, 0.15) is 11.6 Å². The van der Waals surface area contributed by atoms with Crippen LogP contribution in [0.4, 0.5) is 5.69 Å². The third kappa shape index (κ3) is 5.09. The molecule has 0 aliphatic rings. The average molecular weight is 355 g/mol. The highest BCUT2D eigenvalue weighted by Gasteiger charge is 2.09. The Kier molecular flexibility index (Phi) is 6.15. The summed E-state index contributed by atoms with van der Waals surface area (Å²) in [5.74, 6) is -1.05. The predicted molar refractivity (Wildman–Crippen MR) is 95.6 cm³/mol. The number of benzene rings is 2. The molecule has 0 aromatic heterocycles. The van der Waals surface area contributed by atoms with E-state index in [1.54, 1.807) is 42.5 Å². The van der Waals surface area contributed by atoms with Gasteiger partial charge in [0.2, 0.25) is 5.91 Å². The fourth-order valence-corrected chi connectivity index (χ4v) is 2.15. The zero-order chi connectivity index (χ0) is 18.2. The molecule has 0 radical (unpaired) electrons. The summed E-state index contributed by atoms with van der Waals surface area (Å²) < 4.78 is 0. The van der Waals surface area contributed by atoms with Gasteiger partial charge in [-0.2, -0.15) is 5.26 Å². The second-order valence-electron chi connectivity index (χ2n) is 5.03. The number of carbonyl (C=O) groups excluding carboxylic acids is 2. The smallest absolute Gasteiger partial charge is 0.263 e. The fourth-order valence-electron chi connectivity index (χ4n) is 1.95. The molecule has 126 valence electrons. The highest BCUT2D eigenvalue weighted by Crippen LogP contribution is 2.14. The molecule has 6 nitrogen and oxygen atoms in total. The van der Waals surface area contributed by atoms with E-state index in [0.29, 0.717) is 16.3 Å². The van der Waals surface area contributed by atoms with Crippen molar-refractivity contribution in [2.75, 3.05) is 5.32 Å². The van der Waals surface area contributed by atoms with Gasteiger partial charge in [0.15, 0.2) is 0 Å². The van der Waals surface area contributed by atoms with Crippen LogP contribution in [0.3, 0.4) is 0 Å². The summed E-state index contributed by atoms with van der Waals surface area (Å²) in [6, 6.07) is 15.3. The SMILES string of the molecule is N#C/C(=C/Nc1ccc(C(N)=O)cc1)C(=O)NCc1ccccc1Cl. The zero-order valence-electron chi connectivity index (χ0n) is 13.1. The number of hydrogen-bond acceptors (Lipinski definition) is 4. The van der Waals surface area contributed by atoms with Crippen molar-refractivity contribution in [3.63, 3.8) is 0 Å². The van der Waals surface area contributed by atoms with Gasteiger partial charge in [-0.05, 0) is 35.9 Å². The number of halogens is 1. The molecule has 0 saturated carbocycles. The zero-order valence-corrected chi connectivity index (χ0v) is 13.9. The number of rotatable bonds is 6. The van der Waals surface area contributed by atoms with Crippen LogP contribution in [0.25, 0.3) is 0 Å². The first-order valence-corrected chi connectivity index (χ1v) is 7.67. The van der Waals surface area contributed by atoms with E-state index in [-0.39, 0.29) is 12.1 Å². The first-order valence-electron chi connectivity index (χ1n) is 7.29. The van der Waals surface area contributed by atoms with E-state index in [9.17, 15) is 9.59 Å². The lowest BCUT2D eigenvalue weighted by molar-refractivity contribution is -0.117. The lowest BCUT2D eigenvalue weighted by Crippen LogP contribution is -2.24. The lowest BCUT2D eigenvalue weighted by atomic mass is 10.2. The Labute approximate surface area is 149 Å². The molecule has 0 saturated heterocycles. The molecule has 0 atom stereocenters. The van der Waals surface area contributed by atoms with Crippen LogP contribution >= 0.6 is 11.6 Å². The standard InChI is InChI=1S/C18H15ClN4O2/c19-16-4-2-1-3-13(16)10-23-18(25)14(9-20)11-22-15-7-5-12(6-8-15)17(21)24/h1-8,11,22H,10H2,(H2,21,24)(H,23,25)/b14-11-. The molecule has 4 N–H and O–H groups in total. The van der Waals surface area contributed by atoms with Crippen LogP contribution in [-0.2, 0) is 11.3 Å². The Morgan fingerprint density at radius 1 is 1.16 bits per heavy atom. The largest absolute Gasteiger partial charge is 0.366 e. The predicted octanol–water partition coefficient (Wildman–Crippen LogP) is 2.57. The van der Waals surface area contributed by atoms with E-state index in [1.807, 2.05) is 12.1 Å². The normalized spacial score (nSPS) is 10.6. The van der Waals surface area contributed by atoms with E-state index in [2.05, 4.69) is 10.6 Å². The fraction of sp³-hybridized carbons (Fsp3) is 0.0556. The first-order chi connectivity index (χ1) is 12.0. The van der Waals surface area contributed by atoms with Gasteiger partial charge in [0.25, 0.3) is 5.91 Å². The molecule has 0 heterocycles. The second-order valence-corrected chi connectivity index (χ2v) is 5.44. The molecule has 2 rings (SSSR count). The van der Waals surface area contributed by atoms with Crippen molar-refractivity contribution >= 4 is 29.1 Å². The van der Waals surface area contributed by atoms with Crippen molar-refractivity contribution in [3.05, 3.63) is 76.5 Å². The molecule has 2 aromatic rings. The summed E-state index contributed by atoms with van der Waals surface area (Å²) in [6.07, 6.45) is 1.29. The number of nitrogens with zero attached hydrogens (tertiary/aromatic N) is 1. The van der Waals surface area contributed by atoms with Crippen LogP contribution in [-0.4, -0.2) is 11.8 Å². The number of nitrogens with two attached hydrogens (primary N) is 1. The summed E-state index contributed by atoms with van der Waals surface area (Å²) in [5, 5.41) is 15.1. The Hall–Kier alpha value is -3.30. The van der Waals surface area contributed by atoms with Crippen molar-refractivity contribution < 1.29 is 9.59 Å². The average Bonchev–Trinajstić information content (AvgIpc) is 2.62. The van der Waals surface area contributed by atoms with E-state index in [0.717, 1.165) is 5.56 Å². The van der Waals surface area contributed by atoms with Crippen LogP contribution in [0.1, 0.15) is 15.9 Å². The van der Waals surface area contributed by atoms with Crippen molar-refractivity contribution in [3.8, 4) is 6.07 Å². The van der Waals surface area contributed by atoms with Gasteiger partial charge in [-0.1, -0.05) is 29.8 Å². The summed E-state index contributed by atoms with van der Waals surface area (Å²) in [4.78, 5) is 23.1. The highest BCUT2D eigenvalue weighted by molar-refractivity contribution is 6.31. The van der Waals surface area contributed by atoms with Gasteiger partial charge in [-0.3, -0.25) is 9.59 Å². The number of anilines is 1. The Balaban J connectivity index is 1.99. The van der Waals surface area contributed by atoms with Gasteiger partial charge in [-0.15, -0.1) is 0 Å². The van der Waals surface area contributed by atoms with Crippen molar-refractivity contribution in [1.29, 1.82) is 5.26 Å².